The van der Waals surface area contributed by atoms with Crippen molar-refractivity contribution < 1.29 is 9.90 Å². The first kappa shape index (κ1) is 10.2. The van der Waals surface area contributed by atoms with Crippen molar-refractivity contribution in [1.82, 2.24) is 0 Å². The van der Waals surface area contributed by atoms with E-state index >= 15 is 0 Å². The Labute approximate surface area is 93.2 Å². The highest BCUT2D eigenvalue weighted by Crippen LogP contribution is 2.30. The van der Waals surface area contributed by atoms with Gasteiger partial charge in [0.1, 0.15) is 0 Å². The molecule has 0 saturated carbocycles. The topological polar surface area (TPSA) is 37.3 Å². The quantitative estimate of drug-likeness (QED) is 0.835. The van der Waals surface area contributed by atoms with Crippen LogP contribution in [-0.2, 0) is 11.2 Å². The predicted octanol–water partition coefficient (Wildman–Crippen LogP) is 3.14. The third-order valence-corrected chi connectivity index (χ3v) is 2.92. The van der Waals surface area contributed by atoms with Gasteiger partial charge in [-0.25, -0.2) is 0 Å². The fourth-order valence-corrected chi connectivity index (χ4v) is 2.12. The molecule has 78 valence electrons. The molecule has 1 aliphatic rings. The number of aryl methyl sites for hydroxylation is 1. The minimum absolute atomic E-state index is 0.116. The number of carboxylic acids is 1. The maximum Gasteiger partial charge on any atom is 0.307 e. The first-order valence-corrected chi connectivity index (χ1v) is 5.23. The lowest BCUT2D eigenvalue weighted by Crippen LogP contribution is -2.04. The highest BCUT2D eigenvalue weighted by atomic mass is 35.5. The predicted molar refractivity (Wildman–Crippen MR) is 60.0 cm³/mol. The number of hydrogen-bond donors (Lipinski definition) is 1. The van der Waals surface area contributed by atoms with E-state index in [9.17, 15) is 4.79 Å². The van der Waals surface area contributed by atoms with Crippen LogP contribution in [0.25, 0.3) is 6.08 Å². The van der Waals surface area contributed by atoms with Gasteiger partial charge in [-0.1, -0.05) is 35.4 Å². The lowest BCUT2D eigenvalue weighted by Gasteiger charge is -2.16. The molecule has 0 spiro atoms. The molecule has 0 amide bonds. The first-order chi connectivity index (χ1) is 7.16. The molecule has 1 aliphatic carbocycles. The van der Waals surface area contributed by atoms with Gasteiger partial charge in [-0.15, -0.1) is 0 Å². The Morgan fingerprint density at radius 2 is 2.20 bits per heavy atom. The SMILES string of the molecule is O=C(O)CC1=Cc2c(Cl)cccc2CC1. The lowest BCUT2D eigenvalue weighted by atomic mass is 9.91. The number of hydrogen-bond acceptors (Lipinski definition) is 1. The largest absolute Gasteiger partial charge is 0.481 e. The van der Waals surface area contributed by atoms with Crippen molar-refractivity contribution in [3.05, 3.63) is 39.9 Å². The van der Waals surface area contributed by atoms with Gasteiger partial charge in [0.15, 0.2) is 0 Å². The van der Waals surface area contributed by atoms with Crippen LogP contribution >= 0.6 is 11.6 Å². The molecular weight excluding hydrogens is 212 g/mol. The fraction of sp³-hybridized carbons (Fsp3) is 0.250. The molecule has 0 radical (unpaired) electrons. The van der Waals surface area contributed by atoms with Crippen molar-refractivity contribution in [2.75, 3.05) is 0 Å². The number of benzene rings is 1. The molecule has 2 rings (SSSR count). The Morgan fingerprint density at radius 3 is 2.93 bits per heavy atom. The second kappa shape index (κ2) is 4.07. The lowest BCUT2D eigenvalue weighted by molar-refractivity contribution is -0.136. The Bertz CT molecular complexity index is 435. The van der Waals surface area contributed by atoms with E-state index in [0.717, 1.165) is 24.0 Å². The van der Waals surface area contributed by atoms with E-state index in [1.54, 1.807) is 0 Å². The second-order valence-corrected chi connectivity index (χ2v) is 4.09. The molecule has 0 unspecified atom stereocenters. The van der Waals surface area contributed by atoms with Gasteiger partial charge >= 0.3 is 5.97 Å². The minimum atomic E-state index is -0.781. The van der Waals surface area contributed by atoms with Crippen LogP contribution in [0, 0.1) is 0 Å². The van der Waals surface area contributed by atoms with Gasteiger partial charge in [-0.2, -0.15) is 0 Å². The molecule has 0 atom stereocenters. The average Bonchev–Trinajstić information content (AvgIpc) is 2.18. The van der Waals surface area contributed by atoms with E-state index in [1.165, 1.54) is 5.56 Å². The standard InChI is InChI=1S/C12H11ClO2/c13-11-3-1-2-9-5-4-8(6-10(9)11)7-12(14)15/h1-3,6H,4-5,7H2,(H,14,15). The molecule has 1 N–H and O–H groups in total. The van der Waals surface area contributed by atoms with Crippen molar-refractivity contribution in [3.8, 4) is 0 Å². The third-order valence-electron chi connectivity index (χ3n) is 2.59. The fourth-order valence-electron chi connectivity index (χ4n) is 1.87. The van der Waals surface area contributed by atoms with Crippen molar-refractivity contribution in [2.45, 2.75) is 19.3 Å². The molecule has 15 heavy (non-hydrogen) atoms. The van der Waals surface area contributed by atoms with E-state index in [2.05, 4.69) is 0 Å². The molecule has 0 aliphatic heterocycles. The van der Waals surface area contributed by atoms with Crippen LogP contribution in [0.15, 0.2) is 23.8 Å². The number of aliphatic carboxylic acids is 1. The van der Waals surface area contributed by atoms with E-state index in [1.807, 2.05) is 24.3 Å². The summed E-state index contributed by atoms with van der Waals surface area (Å²) in [6, 6.07) is 5.80. The van der Waals surface area contributed by atoms with Crippen LogP contribution in [0.3, 0.4) is 0 Å². The Balaban J connectivity index is 2.35. The van der Waals surface area contributed by atoms with Crippen LogP contribution in [0.5, 0.6) is 0 Å². The van der Waals surface area contributed by atoms with Crippen molar-refractivity contribution in [2.24, 2.45) is 0 Å². The maximum absolute atomic E-state index is 10.6. The maximum atomic E-state index is 10.6. The molecular formula is C12H11ClO2. The van der Waals surface area contributed by atoms with E-state index in [4.69, 9.17) is 16.7 Å². The molecule has 3 heteroatoms. The zero-order chi connectivity index (χ0) is 10.8. The number of fused-ring (bicyclic) bond motifs is 1. The zero-order valence-electron chi connectivity index (χ0n) is 8.16. The summed E-state index contributed by atoms with van der Waals surface area (Å²) in [7, 11) is 0. The summed E-state index contributed by atoms with van der Waals surface area (Å²) in [5.41, 5.74) is 3.14. The first-order valence-electron chi connectivity index (χ1n) is 4.85. The van der Waals surface area contributed by atoms with Gasteiger partial charge in [0, 0.05) is 5.02 Å². The van der Waals surface area contributed by atoms with Gasteiger partial charge in [-0.05, 0) is 30.0 Å². The summed E-state index contributed by atoms with van der Waals surface area (Å²) in [6.45, 7) is 0. The highest BCUT2D eigenvalue weighted by Gasteiger charge is 2.14. The van der Waals surface area contributed by atoms with Crippen molar-refractivity contribution in [3.63, 3.8) is 0 Å². The summed E-state index contributed by atoms with van der Waals surface area (Å²) in [5.74, 6) is -0.781. The second-order valence-electron chi connectivity index (χ2n) is 3.69. The molecule has 0 bridgehead atoms. The van der Waals surface area contributed by atoms with Gasteiger partial charge in [0.2, 0.25) is 0 Å². The van der Waals surface area contributed by atoms with Gasteiger partial charge in [0.25, 0.3) is 0 Å². The molecule has 0 heterocycles. The molecule has 0 aromatic heterocycles. The molecule has 1 aromatic rings. The summed E-state index contributed by atoms with van der Waals surface area (Å²) in [6.07, 6.45) is 3.73. The van der Waals surface area contributed by atoms with Crippen LogP contribution in [0.1, 0.15) is 24.0 Å². The normalized spacial score (nSPS) is 14.3. The van der Waals surface area contributed by atoms with Gasteiger partial charge in [-0.3, -0.25) is 4.79 Å². The van der Waals surface area contributed by atoms with Crippen LogP contribution in [-0.4, -0.2) is 11.1 Å². The van der Waals surface area contributed by atoms with E-state index in [-0.39, 0.29) is 6.42 Å². The number of carbonyl (C=O) groups is 1. The summed E-state index contributed by atoms with van der Waals surface area (Å²) in [4.78, 5) is 10.6. The number of carboxylic acid groups (broad SMARTS) is 1. The average molecular weight is 223 g/mol. The summed E-state index contributed by atoms with van der Waals surface area (Å²) < 4.78 is 0. The van der Waals surface area contributed by atoms with Gasteiger partial charge in [0.05, 0.1) is 6.42 Å². The Kier molecular flexibility index (Phi) is 2.78. The smallest absolute Gasteiger partial charge is 0.307 e. The number of halogens is 1. The van der Waals surface area contributed by atoms with Crippen molar-refractivity contribution >= 4 is 23.6 Å². The Morgan fingerprint density at radius 1 is 1.40 bits per heavy atom. The third kappa shape index (κ3) is 2.21. The Hall–Kier alpha value is -1.28. The molecule has 2 nitrogen and oxygen atoms in total. The van der Waals surface area contributed by atoms with E-state index in [0.29, 0.717) is 5.02 Å². The number of rotatable bonds is 2. The van der Waals surface area contributed by atoms with Crippen LogP contribution < -0.4 is 0 Å². The monoisotopic (exact) mass is 222 g/mol. The minimum Gasteiger partial charge on any atom is -0.481 e. The zero-order valence-corrected chi connectivity index (χ0v) is 8.92. The van der Waals surface area contributed by atoms with Crippen molar-refractivity contribution in [1.29, 1.82) is 0 Å². The highest BCUT2D eigenvalue weighted by molar-refractivity contribution is 6.32. The summed E-state index contributed by atoms with van der Waals surface area (Å²) >= 11 is 6.05. The van der Waals surface area contributed by atoms with Crippen LogP contribution in [0.4, 0.5) is 0 Å². The van der Waals surface area contributed by atoms with Crippen LogP contribution in [0.2, 0.25) is 5.02 Å². The van der Waals surface area contributed by atoms with Gasteiger partial charge < -0.3 is 5.11 Å². The molecule has 0 saturated heterocycles. The summed E-state index contributed by atoms with van der Waals surface area (Å²) in [5, 5.41) is 9.41. The van der Waals surface area contributed by atoms with E-state index < -0.39 is 5.97 Å². The molecule has 1 aromatic carbocycles. The molecule has 0 fully saturated rings.